The Morgan fingerprint density at radius 3 is 1.89 bits per heavy atom. The third-order valence-electron chi connectivity index (χ3n) is 2.58. The summed E-state index contributed by atoms with van der Waals surface area (Å²) >= 11 is 0. The van der Waals surface area contributed by atoms with Gasteiger partial charge in [-0.2, -0.15) is 0 Å². The molecule has 0 aliphatic heterocycles. The molecule has 4 heteroatoms. The predicted molar refractivity (Wildman–Crippen MR) is 68.5 cm³/mol. The molecule has 0 saturated carbocycles. The Morgan fingerprint density at radius 1 is 0.944 bits per heavy atom. The molecule has 90 valence electrons. The Bertz CT molecular complexity index is 559. The van der Waals surface area contributed by atoms with Gasteiger partial charge in [0, 0.05) is 5.69 Å². The number of carbonyl (C=O) groups is 2. The molecular weight excluding hydrogens is 230 g/mol. The zero-order valence-electron chi connectivity index (χ0n) is 9.46. The van der Waals surface area contributed by atoms with Crippen LogP contribution in [0, 0.1) is 0 Å². The van der Waals surface area contributed by atoms with E-state index in [1.165, 1.54) is 0 Å². The first kappa shape index (κ1) is 11.9. The van der Waals surface area contributed by atoms with Gasteiger partial charge < -0.3 is 10.4 Å². The fourth-order valence-corrected chi connectivity index (χ4v) is 1.63. The molecule has 0 unspecified atom stereocenters. The van der Waals surface area contributed by atoms with Crippen LogP contribution in [0.5, 0.6) is 0 Å². The van der Waals surface area contributed by atoms with Gasteiger partial charge in [-0.3, -0.25) is 4.79 Å². The van der Waals surface area contributed by atoms with Crippen LogP contribution in [0.1, 0.15) is 10.4 Å². The smallest absolute Gasteiger partial charge is 0.335 e. The van der Waals surface area contributed by atoms with Crippen LogP contribution in [0.15, 0.2) is 48.5 Å². The molecule has 0 atom stereocenters. The Labute approximate surface area is 104 Å². The van der Waals surface area contributed by atoms with Crippen molar-refractivity contribution in [1.82, 2.24) is 0 Å². The Hall–Kier alpha value is -2.62. The molecule has 2 N–H and O–H groups in total. The number of carboxylic acid groups (broad SMARTS) is 1. The average Bonchev–Trinajstić information content (AvgIpc) is 2.40. The van der Waals surface area contributed by atoms with Gasteiger partial charge in [0.1, 0.15) is 0 Å². The van der Waals surface area contributed by atoms with Crippen molar-refractivity contribution >= 4 is 18.1 Å². The van der Waals surface area contributed by atoms with Gasteiger partial charge >= 0.3 is 5.97 Å². The van der Waals surface area contributed by atoms with Crippen LogP contribution in [0.2, 0.25) is 0 Å². The predicted octanol–water partition coefficient (Wildman–Crippen LogP) is 2.62. The first-order valence-electron chi connectivity index (χ1n) is 5.34. The molecule has 0 aromatic heterocycles. The number of hydrogen-bond acceptors (Lipinski definition) is 2. The molecule has 2 rings (SSSR count). The Morgan fingerprint density at radius 2 is 1.44 bits per heavy atom. The van der Waals surface area contributed by atoms with E-state index in [-0.39, 0.29) is 5.56 Å². The van der Waals surface area contributed by atoms with Crippen molar-refractivity contribution in [2.75, 3.05) is 5.32 Å². The summed E-state index contributed by atoms with van der Waals surface area (Å²) in [5.41, 5.74) is 2.87. The molecule has 1 amide bonds. The number of aromatic carboxylic acids is 1. The summed E-state index contributed by atoms with van der Waals surface area (Å²) in [6.07, 6.45) is 0.622. The fraction of sp³-hybridized carbons (Fsp3) is 0. The number of amides is 1. The highest BCUT2D eigenvalue weighted by Crippen LogP contribution is 2.21. The molecule has 4 nitrogen and oxygen atoms in total. The van der Waals surface area contributed by atoms with E-state index in [1.54, 1.807) is 36.4 Å². The normalized spacial score (nSPS) is 9.78. The van der Waals surface area contributed by atoms with Crippen molar-refractivity contribution in [3.8, 4) is 11.1 Å². The summed E-state index contributed by atoms with van der Waals surface area (Å²) in [4.78, 5) is 21.0. The molecule has 2 aromatic carbocycles. The van der Waals surface area contributed by atoms with Crippen molar-refractivity contribution in [1.29, 1.82) is 0 Å². The van der Waals surface area contributed by atoms with Crippen LogP contribution < -0.4 is 5.32 Å². The van der Waals surface area contributed by atoms with E-state index >= 15 is 0 Å². The van der Waals surface area contributed by atoms with Crippen LogP contribution in [0.3, 0.4) is 0 Å². The van der Waals surface area contributed by atoms with Gasteiger partial charge in [-0.05, 0) is 35.4 Å². The van der Waals surface area contributed by atoms with Crippen molar-refractivity contribution in [2.24, 2.45) is 0 Å². The minimum absolute atomic E-state index is 0.262. The second-order valence-electron chi connectivity index (χ2n) is 3.72. The van der Waals surface area contributed by atoms with Crippen molar-refractivity contribution < 1.29 is 14.7 Å². The zero-order chi connectivity index (χ0) is 13.0. The van der Waals surface area contributed by atoms with Gasteiger partial charge in [-0.15, -0.1) is 0 Å². The van der Waals surface area contributed by atoms with Crippen molar-refractivity contribution in [3.05, 3.63) is 54.1 Å². The topological polar surface area (TPSA) is 66.4 Å². The Kier molecular flexibility index (Phi) is 3.38. The van der Waals surface area contributed by atoms with E-state index in [4.69, 9.17) is 5.11 Å². The second kappa shape index (κ2) is 5.14. The third-order valence-corrected chi connectivity index (χ3v) is 2.58. The first-order chi connectivity index (χ1) is 8.70. The van der Waals surface area contributed by atoms with E-state index < -0.39 is 5.97 Å². The third kappa shape index (κ3) is 2.55. The van der Waals surface area contributed by atoms with Crippen LogP contribution in [-0.4, -0.2) is 17.5 Å². The van der Waals surface area contributed by atoms with Gasteiger partial charge in [0.05, 0.1) is 5.56 Å². The number of rotatable bonds is 4. The van der Waals surface area contributed by atoms with E-state index in [0.29, 0.717) is 6.41 Å². The highest BCUT2D eigenvalue weighted by Gasteiger charge is 2.03. The molecule has 2 aromatic rings. The minimum atomic E-state index is -0.938. The standard InChI is InChI=1S/C14H11NO3/c16-9-15-13-7-5-11(6-8-13)10-1-3-12(4-2-10)14(17)18/h1-9H,(H,15,16)(H,17,18). The minimum Gasteiger partial charge on any atom is -0.478 e. The number of carboxylic acids is 1. The van der Waals surface area contributed by atoms with Crippen LogP contribution in [0.4, 0.5) is 5.69 Å². The summed E-state index contributed by atoms with van der Waals surface area (Å²) < 4.78 is 0. The average molecular weight is 241 g/mol. The lowest BCUT2D eigenvalue weighted by atomic mass is 10.0. The van der Waals surface area contributed by atoms with Crippen LogP contribution in [0.25, 0.3) is 11.1 Å². The molecule has 0 heterocycles. The fourth-order valence-electron chi connectivity index (χ4n) is 1.63. The van der Waals surface area contributed by atoms with E-state index in [1.807, 2.05) is 12.1 Å². The maximum Gasteiger partial charge on any atom is 0.335 e. The summed E-state index contributed by atoms with van der Waals surface area (Å²) in [6, 6.07) is 13.9. The van der Waals surface area contributed by atoms with Crippen molar-refractivity contribution in [3.63, 3.8) is 0 Å². The maximum absolute atomic E-state index is 10.7. The number of benzene rings is 2. The summed E-state index contributed by atoms with van der Waals surface area (Å²) in [5, 5.41) is 11.4. The largest absolute Gasteiger partial charge is 0.478 e. The Balaban J connectivity index is 2.25. The lowest BCUT2D eigenvalue weighted by Crippen LogP contribution is -1.95. The monoisotopic (exact) mass is 241 g/mol. The van der Waals surface area contributed by atoms with Crippen LogP contribution >= 0.6 is 0 Å². The van der Waals surface area contributed by atoms with Gasteiger partial charge in [0.25, 0.3) is 0 Å². The zero-order valence-corrected chi connectivity index (χ0v) is 9.46. The molecule has 0 saturated heterocycles. The maximum atomic E-state index is 10.7. The molecule has 0 aliphatic carbocycles. The lowest BCUT2D eigenvalue weighted by Gasteiger charge is -2.04. The van der Waals surface area contributed by atoms with Gasteiger partial charge in [-0.25, -0.2) is 4.79 Å². The molecule has 0 aliphatic rings. The molecule has 0 spiro atoms. The highest BCUT2D eigenvalue weighted by atomic mass is 16.4. The van der Waals surface area contributed by atoms with Crippen molar-refractivity contribution in [2.45, 2.75) is 0 Å². The van der Waals surface area contributed by atoms with Gasteiger partial charge in [0.2, 0.25) is 6.41 Å². The SMILES string of the molecule is O=CNc1ccc(-c2ccc(C(=O)O)cc2)cc1. The summed E-state index contributed by atoms with van der Waals surface area (Å²) in [5.74, 6) is -0.938. The molecular formula is C14H11NO3. The first-order valence-corrected chi connectivity index (χ1v) is 5.34. The van der Waals surface area contributed by atoms with E-state index in [0.717, 1.165) is 16.8 Å². The number of nitrogens with one attached hydrogen (secondary N) is 1. The number of hydrogen-bond donors (Lipinski definition) is 2. The molecule has 0 fully saturated rings. The van der Waals surface area contributed by atoms with Crippen LogP contribution in [-0.2, 0) is 4.79 Å². The second-order valence-corrected chi connectivity index (χ2v) is 3.72. The lowest BCUT2D eigenvalue weighted by molar-refractivity contribution is -0.105. The van der Waals surface area contributed by atoms with E-state index in [9.17, 15) is 9.59 Å². The molecule has 0 radical (unpaired) electrons. The van der Waals surface area contributed by atoms with Gasteiger partial charge in [-0.1, -0.05) is 24.3 Å². The summed E-state index contributed by atoms with van der Waals surface area (Å²) in [7, 11) is 0. The number of carbonyl (C=O) groups excluding carboxylic acids is 1. The summed E-state index contributed by atoms with van der Waals surface area (Å²) in [6.45, 7) is 0. The van der Waals surface area contributed by atoms with E-state index in [2.05, 4.69) is 5.32 Å². The highest BCUT2D eigenvalue weighted by molar-refractivity contribution is 5.88. The molecule has 0 bridgehead atoms. The van der Waals surface area contributed by atoms with Gasteiger partial charge in [0.15, 0.2) is 0 Å². The molecule has 18 heavy (non-hydrogen) atoms. The quantitative estimate of drug-likeness (QED) is 0.808. The number of anilines is 1.